The van der Waals surface area contributed by atoms with Crippen LogP contribution < -0.4 is 10.1 Å². The summed E-state index contributed by atoms with van der Waals surface area (Å²) in [7, 11) is 0. The maximum Gasteiger partial charge on any atom is 0.267 e. The minimum absolute atomic E-state index is 0. The van der Waals surface area contributed by atoms with Crippen molar-refractivity contribution in [1.82, 2.24) is 25.3 Å². The molecule has 8 nitrogen and oxygen atoms in total. The Balaban J connectivity index is 0.00000171. The van der Waals surface area contributed by atoms with Crippen LogP contribution in [-0.2, 0) is 4.79 Å². The molecule has 2 saturated heterocycles. The van der Waals surface area contributed by atoms with Crippen molar-refractivity contribution in [3.8, 4) is 5.75 Å². The van der Waals surface area contributed by atoms with Gasteiger partial charge in [-0.25, -0.2) is 0 Å². The van der Waals surface area contributed by atoms with E-state index in [2.05, 4.69) is 20.4 Å². The minimum Gasteiger partial charge on any atom is -0.475 e. The summed E-state index contributed by atoms with van der Waals surface area (Å²) in [6, 6.07) is 3.53. The average Bonchev–Trinajstić information content (AvgIpc) is 3.39. The third-order valence-corrected chi connectivity index (χ3v) is 5.84. The highest BCUT2D eigenvalue weighted by Crippen LogP contribution is 2.37. The summed E-state index contributed by atoms with van der Waals surface area (Å²) in [4.78, 5) is 24.6. The van der Waals surface area contributed by atoms with Crippen LogP contribution in [0.2, 0.25) is 0 Å². The second-order valence-corrected chi connectivity index (χ2v) is 8.24. The van der Waals surface area contributed by atoms with Crippen LogP contribution >= 0.6 is 24.8 Å². The molecule has 2 aliphatic rings. The van der Waals surface area contributed by atoms with E-state index in [4.69, 9.17) is 9.26 Å². The average molecular weight is 472 g/mol. The number of halogens is 2. The second-order valence-electron chi connectivity index (χ2n) is 8.24. The van der Waals surface area contributed by atoms with Crippen molar-refractivity contribution in [1.29, 1.82) is 0 Å². The van der Waals surface area contributed by atoms with E-state index in [1.54, 1.807) is 6.20 Å². The fraction of sp³-hybridized carbons (Fsp3) is 0.619. The topological polar surface area (TPSA) is 93.4 Å². The number of nitrogens with one attached hydrogen (secondary N) is 1. The summed E-state index contributed by atoms with van der Waals surface area (Å²) in [6.07, 6.45) is 4.70. The van der Waals surface area contributed by atoms with Gasteiger partial charge in [0.05, 0.1) is 5.69 Å². The Labute approximate surface area is 195 Å². The molecule has 172 valence electrons. The zero-order chi connectivity index (χ0) is 20.4. The summed E-state index contributed by atoms with van der Waals surface area (Å²) in [5, 5.41) is 7.43. The van der Waals surface area contributed by atoms with Gasteiger partial charge in [0.1, 0.15) is 11.8 Å². The molecule has 1 N–H and O–H groups in total. The molecule has 2 aromatic rings. The van der Waals surface area contributed by atoms with E-state index >= 15 is 0 Å². The number of likely N-dealkylation sites (tertiary alicyclic amines) is 1. The van der Waals surface area contributed by atoms with Gasteiger partial charge in [0.15, 0.2) is 11.4 Å². The summed E-state index contributed by atoms with van der Waals surface area (Å²) >= 11 is 0. The Morgan fingerprint density at radius 1 is 1.32 bits per heavy atom. The minimum atomic E-state index is -0.900. The molecule has 1 unspecified atom stereocenters. The maximum atomic E-state index is 13.8. The molecule has 2 aromatic heterocycles. The molecule has 0 radical (unpaired) electrons. The van der Waals surface area contributed by atoms with Gasteiger partial charge in [-0.15, -0.1) is 24.8 Å². The number of rotatable bonds is 5. The zero-order valence-corrected chi connectivity index (χ0v) is 19.8. The Bertz CT molecular complexity index is 870. The first-order valence-corrected chi connectivity index (χ1v) is 10.5. The number of aromatic nitrogens is 3. The van der Waals surface area contributed by atoms with Crippen LogP contribution in [0.1, 0.15) is 68.9 Å². The van der Waals surface area contributed by atoms with E-state index in [0.717, 1.165) is 31.6 Å². The first-order valence-electron chi connectivity index (χ1n) is 10.5. The van der Waals surface area contributed by atoms with Crippen molar-refractivity contribution in [2.45, 2.75) is 64.0 Å². The molecule has 2 fully saturated rings. The van der Waals surface area contributed by atoms with Gasteiger partial charge in [-0.1, -0.05) is 19.0 Å². The van der Waals surface area contributed by atoms with Crippen LogP contribution in [0, 0.1) is 6.92 Å². The van der Waals surface area contributed by atoms with Gasteiger partial charge >= 0.3 is 0 Å². The first kappa shape index (κ1) is 25.4. The highest BCUT2D eigenvalue weighted by molar-refractivity contribution is 5.86. The van der Waals surface area contributed by atoms with E-state index in [0.29, 0.717) is 36.9 Å². The third-order valence-electron chi connectivity index (χ3n) is 5.84. The standard InChI is InChI=1S/C21H29N5O3.2ClH/c1-14(2)18-24-19(29-25-18)16-6-5-13-26(16)20(27)21(8-11-22-12-9-21)28-17-7-4-10-23-15(17)3;;/h4,7,10,14,16,22H,5-6,8-9,11-13H2,1-3H3;2*1H. The fourth-order valence-electron chi connectivity index (χ4n) is 4.12. The molecular formula is C21H31Cl2N5O3. The number of carbonyl (C=O) groups is 1. The molecule has 0 saturated carbocycles. The number of pyridine rings is 1. The van der Waals surface area contributed by atoms with Crippen LogP contribution in [0.4, 0.5) is 0 Å². The van der Waals surface area contributed by atoms with E-state index < -0.39 is 5.60 Å². The number of hydrogen-bond acceptors (Lipinski definition) is 7. The molecule has 0 aliphatic carbocycles. The van der Waals surface area contributed by atoms with Crippen molar-refractivity contribution < 1.29 is 14.1 Å². The highest BCUT2D eigenvalue weighted by Gasteiger charge is 2.48. The lowest BCUT2D eigenvalue weighted by molar-refractivity contribution is -0.152. The summed E-state index contributed by atoms with van der Waals surface area (Å²) < 4.78 is 11.9. The monoisotopic (exact) mass is 471 g/mol. The molecule has 31 heavy (non-hydrogen) atoms. The molecule has 4 heterocycles. The SMILES string of the molecule is Cc1ncccc1OC1(C(=O)N2CCCC2c2nc(C(C)C)no2)CCNCC1.Cl.Cl. The van der Waals surface area contributed by atoms with Crippen LogP contribution in [0.5, 0.6) is 5.75 Å². The molecule has 1 atom stereocenters. The summed E-state index contributed by atoms with van der Waals surface area (Å²) in [5.74, 6) is 2.07. The number of carbonyl (C=O) groups excluding carboxylic acids is 1. The van der Waals surface area contributed by atoms with Crippen LogP contribution in [0.3, 0.4) is 0 Å². The predicted molar refractivity (Wildman–Crippen MR) is 121 cm³/mol. The second kappa shape index (κ2) is 10.6. The normalized spacial score (nSPS) is 20.1. The first-order chi connectivity index (χ1) is 14.0. The molecule has 0 spiro atoms. The lowest BCUT2D eigenvalue weighted by Gasteiger charge is -2.40. The van der Waals surface area contributed by atoms with E-state index in [1.165, 1.54) is 0 Å². The third kappa shape index (κ3) is 5.13. The number of piperidine rings is 1. The smallest absolute Gasteiger partial charge is 0.267 e. The molecular weight excluding hydrogens is 441 g/mol. The van der Waals surface area contributed by atoms with Crippen molar-refractivity contribution in [2.75, 3.05) is 19.6 Å². The molecule has 2 aliphatic heterocycles. The van der Waals surface area contributed by atoms with Gasteiger partial charge in [0.2, 0.25) is 5.89 Å². The van der Waals surface area contributed by atoms with Crippen molar-refractivity contribution in [3.63, 3.8) is 0 Å². The Morgan fingerprint density at radius 2 is 2.06 bits per heavy atom. The van der Waals surface area contributed by atoms with Crippen molar-refractivity contribution in [3.05, 3.63) is 35.7 Å². The molecule has 10 heteroatoms. The van der Waals surface area contributed by atoms with Gasteiger partial charge < -0.3 is 19.5 Å². The van der Waals surface area contributed by atoms with E-state index in [1.807, 2.05) is 37.8 Å². The van der Waals surface area contributed by atoms with Crippen LogP contribution in [-0.4, -0.2) is 51.2 Å². The largest absolute Gasteiger partial charge is 0.475 e. The molecule has 4 rings (SSSR count). The Morgan fingerprint density at radius 3 is 2.71 bits per heavy atom. The van der Waals surface area contributed by atoms with E-state index in [9.17, 15) is 4.79 Å². The van der Waals surface area contributed by atoms with Gasteiger partial charge in [-0.05, 0) is 45.0 Å². The maximum absolute atomic E-state index is 13.8. The quantitative estimate of drug-likeness (QED) is 0.711. The van der Waals surface area contributed by atoms with Crippen LogP contribution in [0.15, 0.2) is 22.9 Å². The van der Waals surface area contributed by atoms with Crippen LogP contribution in [0.25, 0.3) is 0 Å². The summed E-state index contributed by atoms with van der Waals surface area (Å²) in [5.41, 5.74) is -0.114. The molecule has 0 aromatic carbocycles. The molecule has 1 amide bonds. The van der Waals surface area contributed by atoms with E-state index in [-0.39, 0.29) is 42.7 Å². The number of nitrogens with zero attached hydrogens (tertiary/aromatic N) is 4. The van der Waals surface area contributed by atoms with Crippen molar-refractivity contribution >= 4 is 30.7 Å². The fourth-order valence-corrected chi connectivity index (χ4v) is 4.12. The Hall–Kier alpha value is -1.90. The highest BCUT2D eigenvalue weighted by atomic mass is 35.5. The number of ether oxygens (including phenoxy) is 1. The number of amides is 1. The number of aryl methyl sites for hydroxylation is 1. The Kier molecular flexibility index (Phi) is 8.68. The lowest BCUT2D eigenvalue weighted by Crippen LogP contribution is -2.57. The predicted octanol–water partition coefficient (Wildman–Crippen LogP) is 3.60. The lowest BCUT2D eigenvalue weighted by atomic mass is 9.90. The van der Waals surface area contributed by atoms with Crippen molar-refractivity contribution in [2.24, 2.45) is 0 Å². The van der Waals surface area contributed by atoms with Gasteiger partial charge in [0.25, 0.3) is 5.91 Å². The van der Waals surface area contributed by atoms with Gasteiger partial charge in [-0.2, -0.15) is 4.98 Å². The van der Waals surface area contributed by atoms with Gasteiger partial charge in [0, 0.05) is 31.5 Å². The number of hydrogen-bond donors (Lipinski definition) is 1. The zero-order valence-electron chi connectivity index (χ0n) is 18.2. The molecule has 0 bridgehead atoms. The summed E-state index contributed by atoms with van der Waals surface area (Å²) in [6.45, 7) is 8.11. The van der Waals surface area contributed by atoms with Gasteiger partial charge in [-0.3, -0.25) is 9.78 Å².